The summed E-state index contributed by atoms with van der Waals surface area (Å²) in [6.45, 7) is 6.36. The Morgan fingerprint density at radius 3 is 2.47 bits per heavy atom. The molecule has 1 atom stereocenters. The van der Waals surface area contributed by atoms with Gasteiger partial charge in [-0.15, -0.1) is 0 Å². The van der Waals surface area contributed by atoms with Crippen molar-refractivity contribution in [2.75, 3.05) is 39.8 Å². The van der Waals surface area contributed by atoms with Crippen molar-refractivity contribution in [3.63, 3.8) is 0 Å². The number of likely N-dealkylation sites (tertiary alicyclic amines) is 1. The Labute approximate surface area is 91.6 Å². The van der Waals surface area contributed by atoms with E-state index in [0.717, 1.165) is 45.6 Å². The first kappa shape index (κ1) is 10.9. The van der Waals surface area contributed by atoms with Crippen molar-refractivity contribution < 1.29 is 4.79 Å². The Hall–Kier alpha value is -0.610. The van der Waals surface area contributed by atoms with Gasteiger partial charge in [-0.05, 0) is 33.4 Å². The number of carbonyl (C=O) groups excluding carboxylic acids is 1. The molecule has 2 saturated heterocycles. The molecule has 1 amide bonds. The molecule has 0 aliphatic carbocycles. The van der Waals surface area contributed by atoms with E-state index in [1.165, 1.54) is 0 Å². The van der Waals surface area contributed by atoms with Crippen LogP contribution < -0.4 is 5.32 Å². The molecule has 0 N–H and O–H groups in total. The lowest BCUT2D eigenvalue weighted by atomic mass is 9.97. The second-order valence-electron chi connectivity index (χ2n) is 4.76. The zero-order chi connectivity index (χ0) is 10.9. The second kappa shape index (κ2) is 4.10. The number of nitrogens with zero attached hydrogens (tertiary/aromatic N) is 3. The average Bonchev–Trinajstić information content (AvgIpc) is 2.61. The van der Waals surface area contributed by atoms with E-state index in [1.54, 1.807) is 0 Å². The SMILES string of the molecule is CN1CCC[C@]1(C)C(=O)N1CC[N]CC1. The lowest BCUT2D eigenvalue weighted by molar-refractivity contribution is -0.141. The van der Waals surface area contributed by atoms with Gasteiger partial charge in [-0.2, -0.15) is 0 Å². The van der Waals surface area contributed by atoms with Crippen LogP contribution in [0.15, 0.2) is 0 Å². The van der Waals surface area contributed by atoms with Gasteiger partial charge in [0.1, 0.15) is 0 Å². The number of rotatable bonds is 1. The molecule has 2 rings (SSSR count). The van der Waals surface area contributed by atoms with E-state index in [2.05, 4.69) is 24.2 Å². The molecule has 0 aromatic rings. The van der Waals surface area contributed by atoms with Crippen molar-refractivity contribution in [2.45, 2.75) is 25.3 Å². The van der Waals surface area contributed by atoms with Crippen LogP contribution in [0.4, 0.5) is 0 Å². The van der Waals surface area contributed by atoms with E-state index in [1.807, 2.05) is 4.90 Å². The van der Waals surface area contributed by atoms with E-state index in [9.17, 15) is 4.79 Å². The van der Waals surface area contributed by atoms with Crippen molar-refractivity contribution in [2.24, 2.45) is 0 Å². The molecular weight excluding hydrogens is 190 g/mol. The summed E-state index contributed by atoms with van der Waals surface area (Å²) in [7, 11) is 2.05. The summed E-state index contributed by atoms with van der Waals surface area (Å²) in [6, 6.07) is 0. The van der Waals surface area contributed by atoms with Gasteiger partial charge in [0.2, 0.25) is 5.91 Å². The summed E-state index contributed by atoms with van der Waals surface area (Å²) >= 11 is 0. The summed E-state index contributed by atoms with van der Waals surface area (Å²) in [6.07, 6.45) is 2.13. The van der Waals surface area contributed by atoms with Crippen LogP contribution in [0.3, 0.4) is 0 Å². The highest BCUT2D eigenvalue weighted by Crippen LogP contribution is 2.29. The minimum Gasteiger partial charge on any atom is -0.338 e. The molecule has 15 heavy (non-hydrogen) atoms. The zero-order valence-corrected chi connectivity index (χ0v) is 9.70. The minimum absolute atomic E-state index is 0.253. The van der Waals surface area contributed by atoms with Crippen LogP contribution >= 0.6 is 0 Å². The Balaban J connectivity index is 2.05. The van der Waals surface area contributed by atoms with Crippen molar-refractivity contribution in [3.8, 4) is 0 Å². The zero-order valence-electron chi connectivity index (χ0n) is 9.70. The Bertz CT molecular complexity index is 250. The molecule has 4 heteroatoms. The standard InChI is InChI=1S/C11H20N3O/c1-11(4-3-7-13(11)2)10(15)14-8-5-12-6-9-14/h3-9H2,1-2H3/t11-/m1/s1. The summed E-state index contributed by atoms with van der Waals surface area (Å²) in [5, 5.41) is 4.27. The van der Waals surface area contributed by atoms with E-state index < -0.39 is 0 Å². The van der Waals surface area contributed by atoms with Gasteiger partial charge in [-0.1, -0.05) is 0 Å². The summed E-state index contributed by atoms with van der Waals surface area (Å²) < 4.78 is 0. The molecule has 0 saturated carbocycles. The molecule has 0 aromatic heterocycles. The van der Waals surface area contributed by atoms with Crippen LogP contribution in [0.2, 0.25) is 0 Å². The minimum atomic E-state index is -0.253. The first-order valence-corrected chi connectivity index (χ1v) is 5.78. The van der Waals surface area contributed by atoms with E-state index in [-0.39, 0.29) is 5.54 Å². The Morgan fingerprint density at radius 2 is 1.93 bits per heavy atom. The fourth-order valence-corrected chi connectivity index (χ4v) is 2.52. The van der Waals surface area contributed by atoms with Crippen LogP contribution in [0.25, 0.3) is 0 Å². The van der Waals surface area contributed by atoms with E-state index in [0.29, 0.717) is 5.91 Å². The van der Waals surface area contributed by atoms with Crippen molar-refractivity contribution >= 4 is 5.91 Å². The first-order valence-electron chi connectivity index (χ1n) is 5.78. The lowest BCUT2D eigenvalue weighted by Gasteiger charge is -2.37. The fourth-order valence-electron chi connectivity index (χ4n) is 2.52. The average molecular weight is 210 g/mol. The number of hydrogen-bond donors (Lipinski definition) is 0. The molecule has 2 aliphatic rings. The molecule has 2 fully saturated rings. The topological polar surface area (TPSA) is 37.7 Å². The van der Waals surface area contributed by atoms with Gasteiger partial charge >= 0.3 is 0 Å². The molecule has 0 spiro atoms. The number of amides is 1. The van der Waals surface area contributed by atoms with Gasteiger partial charge < -0.3 is 4.90 Å². The summed E-state index contributed by atoms with van der Waals surface area (Å²) in [4.78, 5) is 16.6. The van der Waals surface area contributed by atoms with Crippen molar-refractivity contribution in [3.05, 3.63) is 0 Å². The molecule has 2 aliphatic heterocycles. The van der Waals surface area contributed by atoms with Crippen LogP contribution in [0.5, 0.6) is 0 Å². The van der Waals surface area contributed by atoms with Gasteiger partial charge in [0.25, 0.3) is 0 Å². The monoisotopic (exact) mass is 210 g/mol. The van der Waals surface area contributed by atoms with Crippen LogP contribution in [-0.4, -0.2) is 61.0 Å². The second-order valence-corrected chi connectivity index (χ2v) is 4.76. The summed E-state index contributed by atoms with van der Waals surface area (Å²) in [5.74, 6) is 0.303. The van der Waals surface area contributed by atoms with Gasteiger partial charge in [-0.25, -0.2) is 5.32 Å². The Morgan fingerprint density at radius 1 is 1.27 bits per heavy atom. The van der Waals surface area contributed by atoms with Crippen molar-refractivity contribution in [1.29, 1.82) is 0 Å². The maximum Gasteiger partial charge on any atom is 0.242 e. The van der Waals surface area contributed by atoms with Gasteiger partial charge in [0, 0.05) is 26.2 Å². The summed E-state index contributed by atoms with van der Waals surface area (Å²) in [5.41, 5.74) is -0.253. The lowest BCUT2D eigenvalue weighted by Crippen LogP contribution is -2.56. The predicted octanol–water partition coefficient (Wildman–Crippen LogP) is -0.0827. The van der Waals surface area contributed by atoms with Gasteiger partial charge in [0.15, 0.2) is 0 Å². The largest absolute Gasteiger partial charge is 0.338 e. The number of piperazine rings is 1. The number of carbonyl (C=O) groups is 1. The van der Waals surface area contributed by atoms with Crippen LogP contribution in [0, 0.1) is 0 Å². The number of hydrogen-bond acceptors (Lipinski definition) is 2. The molecule has 0 unspecified atom stereocenters. The quantitative estimate of drug-likeness (QED) is 0.607. The first-order chi connectivity index (χ1) is 7.14. The van der Waals surface area contributed by atoms with Crippen molar-refractivity contribution in [1.82, 2.24) is 15.1 Å². The highest BCUT2D eigenvalue weighted by molar-refractivity contribution is 5.86. The molecular formula is C11H20N3O. The third-order valence-electron chi connectivity index (χ3n) is 3.80. The number of likely N-dealkylation sites (N-methyl/N-ethyl adjacent to an activating group) is 1. The molecule has 0 aromatic carbocycles. The molecule has 2 heterocycles. The fraction of sp³-hybridized carbons (Fsp3) is 0.909. The highest BCUT2D eigenvalue weighted by Gasteiger charge is 2.43. The molecule has 0 bridgehead atoms. The normalized spacial score (nSPS) is 33.3. The van der Waals surface area contributed by atoms with Gasteiger partial charge in [0.05, 0.1) is 5.54 Å². The molecule has 4 nitrogen and oxygen atoms in total. The highest BCUT2D eigenvalue weighted by atomic mass is 16.2. The van der Waals surface area contributed by atoms with Gasteiger partial charge in [-0.3, -0.25) is 9.69 Å². The third kappa shape index (κ3) is 1.88. The van der Waals surface area contributed by atoms with Crippen LogP contribution in [-0.2, 0) is 4.79 Å². The predicted molar refractivity (Wildman–Crippen MR) is 58.7 cm³/mol. The molecule has 85 valence electrons. The maximum atomic E-state index is 12.4. The third-order valence-corrected chi connectivity index (χ3v) is 3.80. The molecule has 1 radical (unpaired) electrons. The Kier molecular flexibility index (Phi) is 2.98. The van der Waals surface area contributed by atoms with Crippen LogP contribution in [0.1, 0.15) is 19.8 Å². The van der Waals surface area contributed by atoms with E-state index in [4.69, 9.17) is 0 Å². The van der Waals surface area contributed by atoms with E-state index >= 15 is 0 Å². The maximum absolute atomic E-state index is 12.4. The smallest absolute Gasteiger partial charge is 0.242 e.